The Morgan fingerprint density at radius 3 is 2.74 bits per heavy atom. The number of allylic oxidation sites excluding steroid dienone is 3. The molecule has 0 aromatic heterocycles. The van der Waals surface area contributed by atoms with Crippen LogP contribution in [0.1, 0.15) is 12.8 Å². The summed E-state index contributed by atoms with van der Waals surface area (Å²) in [6.07, 6.45) is 6.80. The largest absolute Gasteiger partial charge is 0.466 e. The first-order valence-corrected chi connectivity index (χ1v) is 6.08. The van der Waals surface area contributed by atoms with Crippen molar-refractivity contribution in [2.75, 3.05) is 7.11 Å². The molecule has 0 radical (unpaired) electrons. The minimum absolute atomic E-state index is 0.209. The third-order valence-electron chi connectivity index (χ3n) is 3.27. The second-order valence-corrected chi connectivity index (χ2v) is 4.44. The Morgan fingerprint density at radius 1 is 1.37 bits per heavy atom. The number of aliphatic hydroxyl groups excluding tert-OH is 2. The van der Waals surface area contributed by atoms with E-state index in [1.807, 2.05) is 0 Å². The van der Waals surface area contributed by atoms with Crippen molar-refractivity contribution in [3.8, 4) is 0 Å². The molecule has 1 rings (SSSR count). The predicted molar refractivity (Wildman–Crippen MR) is 68.8 cm³/mol. The zero-order valence-electron chi connectivity index (χ0n) is 10.7. The van der Waals surface area contributed by atoms with Crippen LogP contribution >= 0.6 is 0 Å². The van der Waals surface area contributed by atoms with Gasteiger partial charge in [0, 0.05) is 24.5 Å². The molecule has 1 fully saturated rings. The van der Waals surface area contributed by atoms with E-state index in [0.29, 0.717) is 6.42 Å². The van der Waals surface area contributed by atoms with Crippen LogP contribution in [0.3, 0.4) is 0 Å². The summed E-state index contributed by atoms with van der Waals surface area (Å²) in [5, 5.41) is 19.6. The zero-order valence-corrected chi connectivity index (χ0v) is 10.7. The van der Waals surface area contributed by atoms with E-state index in [0.717, 1.165) is 0 Å². The normalized spacial score (nSPS) is 30.7. The van der Waals surface area contributed by atoms with Crippen molar-refractivity contribution in [2.24, 2.45) is 11.8 Å². The Kier molecular flexibility index (Phi) is 6.22. The fourth-order valence-corrected chi connectivity index (χ4v) is 2.29. The lowest BCUT2D eigenvalue weighted by molar-refractivity contribution is -0.134. The van der Waals surface area contributed by atoms with Crippen molar-refractivity contribution >= 4 is 11.9 Å². The molecule has 0 aliphatic heterocycles. The van der Waals surface area contributed by atoms with Gasteiger partial charge in [-0.2, -0.15) is 0 Å². The van der Waals surface area contributed by atoms with Gasteiger partial charge in [0.1, 0.15) is 5.94 Å². The molecule has 5 nitrogen and oxygen atoms in total. The van der Waals surface area contributed by atoms with Crippen LogP contribution in [-0.4, -0.2) is 41.4 Å². The fourth-order valence-electron chi connectivity index (χ4n) is 2.29. The van der Waals surface area contributed by atoms with Gasteiger partial charge in [0.15, 0.2) is 0 Å². The Labute approximate surface area is 111 Å². The van der Waals surface area contributed by atoms with Gasteiger partial charge in [-0.15, -0.1) is 0 Å². The maximum absolute atomic E-state index is 10.8. The predicted octanol–water partition coefficient (Wildman–Crippen LogP) is 0.408. The Morgan fingerprint density at radius 2 is 2.11 bits per heavy atom. The van der Waals surface area contributed by atoms with Gasteiger partial charge in [-0.25, -0.2) is 9.59 Å². The number of hydrogen-bond acceptors (Lipinski definition) is 5. The minimum atomic E-state index is -0.650. The van der Waals surface area contributed by atoms with Crippen LogP contribution < -0.4 is 0 Å². The summed E-state index contributed by atoms with van der Waals surface area (Å²) in [4.78, 5) is 21.1. The molecule has 1 aliphatic carbocycles. The highest BCUT2D eigenvalue weighted by atomic mass is 16.5. The molecular weight excluding hydrogens is 248 g/mol. The topological polar surface area (TPSA) is 83.8 Å². The van der Waals surface area contributed by atoms with Crippen molar-refractivity contribution in [3.05, 3.63) is 30.4 Å². The molecule has 0 amide bonds. The second kappa shape index (κ2) is 7.69. The van der Waals surface area contributed by atoms with Crippen LogP contribution in [-0.2, 0) is 14.3 Å². The first-order valence-electron chi connectivity index (χ1n) is 6.08. The summed E-state index contributed by atoms with van der Waals surface area (Å²) in [5.74, 6) is 0.755. The number of esters is 1. The summed E-state index contributed by atoms with van der Waals surface area (Å²) in [7, 11) is 1.29. The summed E-state index contributed by atoms with van der Waals surface area (Å²) < 4.78 is 4.44. The first kappa shape index (κ1) is 15.4. The van der Waals surface area contributed by atoms with Gasteiger partial charge in [0.05, 0.1) is 19.3 Å². The maximum atomic E-state index is 10.8. The molecule has 0 aromatic rings. The summed E-state index contributed by atoms with van der Waals surface area (Å²) >= 11 is 0. The third kappa shape index (κ3) is 4.48. The quantitative estimate of drug-likeness (QED) is 0.326. The second-order valence-electron chi connectivity index (χ2n) is 4.44. The molecule has 0 heterocycles. The van der Waals surface area contributed by atoms with E-state index in [4.69, 9.17) is 0 Å². The van der Waals surface area contributed by atoms with Gasteiger partial charge in [0.25, 0.3) is 0 Å². The highest BCUT2D eigenvalue weighted by Crippen LogP contribution is 2.35. The van der Waals surface area contributed by atoms with E-state index in [9.17, 15) is 19.8 Å². The molecule has 5 heteroatoms. The van der Waals surface area contributed by atoms with Gasteiger partial charge in [-0.1, -0.05) is 18.2 Å². The van der Waals surface area contributed by atoms with Gasteiger partial charge >= 0.3 is 5.97 Å². The van der Waals surface area contributed by atoms with Crippen molar-refractivity contribution in [2.45, 2.75) is 25.0 Å². The van der Waals surface area contributed by atoms with Crippen LogP contribution in [0, 0.1) is 11.8 Å². The van der Waals surface area contributed by atoms with Crippen LogP contribution in [0.5, 0.6) is 0 Å². The monoisotopic (exact) mass is 266 g/mol. The average Bonchev–Trinajstić information content (AvgIpc) is 2.66. The van der Waals surface area contributed by atoms with Gasteiger partial charge in [-0.3, -0.25) is 0 Å². The lowest BCUT2D eigenvalue weighted by atomic mass is 9.90. The van der Waals surface area contributed by atoms with E-state index >= 15 is 0 Å². The van der Waals surface area contributed by atoms with E-state index in [-0.39, 0.29) is 18.3 Å². The number of methoxy groups -OCH3 is 1. The average molecular weight is 266 g/mol. The Bertz CT molecular complexity index is 406. The third-order valence-corrected chi connectivity index (χ3v) is 3.27. The standard InChI is InChI=1S/C14H18O5/c1-19-14(18)7-3-2-5-10-11(6-4-8-15)13(17)9-12(10)16/h2-5,7,10-13,16-17H,6,9H2,1H3/t10-,11+,12-,13+/m1/s1. The van der Waals surface area contributed by atoms with Crippen LogP contribution in [0.4, 0.5) is 0 Å². The molecular formula is C14H18O5. The fraction of sp³-hybridized carbons (Fsp3) is 0.500. The highest BCUT2D eigenvalue weighted by molar-refractivity contribution is 5.82. The Balaban J connectivity index is 2.67. The number of carbonyl (C=O) groups excluding carboxylic acids is 2. The van der Waals surface area contributed by atoms with Gasteiger partial charge in [-0.05, 0) is 12.3 Å². The minimum Gasteiger partial charge on any atom is -0.466 e. The summed E-state index contributed by atoms with van der Waals surface area (Å²) in [6.45, 7) is 0. The van der Waals surface area contributed by atoms with Crippen molar-refractivity contribution < 1.29 is 24.5 Å². The molecule has 104 valence electrons. The molecule has 2 N–H and O–H groups in total. The number of ether oxygens (including phenoxy) is 1. The van der Waals surface area contributed by atoms with Gasteiger partial charge in [0.2, 0.25) is 0 Å². The summed E-state index contributed by atoms with van der Waals surface area (Å²) in [5.41, 5.74) is 0. The van der Waals surface area contributed by atoms with Crippen molar-refractivity contribution in [3.63, 3.8) is 0 Å². The number of carbonyl (C=O) groups is 1. The molecule has 0 aromatic carbocycles. The molecule has 0 bridgehead atoms. The highest BCUT2D eigenvalue weighted by Gasteiger charge is 2.39. The lowest BCUT2D eigenvalue weighted by Crippen LogP contribution is -2.19. The van der Waals surface area contributed by atoms with Crippen molar-refractivity contribution in [1.82, 2.24) is 0 Å². The molecule has 0 saturated heterocycles. The van der Waals surface area contributed by atoms with Crippen molar-refractivity contribution in [1.29, 1.82) is 0 Å². The van der Waals surface area contributed by atoms with E-state index in [1.54, 1.807) is 18.1 Å². The molecule has 0 spiro atoms. The van der Waals surface area contributed by atoms with E-state index < -0.39 is 18.2 Å². The smallest absolute Gasteiger partial charge is 0.330 e. The number of aliphatic hydroxyl groups is 2. The zero-order chi connectivity index (χ0) is 14.3. The van der Waals surface area contributed by atoms with Gasteiger partial charge < -0.3 is 14.9 Å². The van der Waals surface area contributed by atoms with Crippen LogP contribution in [0.15, 0.2) is 30.4 Å². The van der Waals surface area contributed by atoms with Crippen LogP contribution in [0.25, 0.3) is 0 Å². The molecule has 1 saturated carbocycles. The molecule has 0 unspecified atom stereocenters. The SMILES string of the molecule is COC(=O)C=CC=C[C@@H]1[C@H](CC=C=O)[C@@H](O)C[C@H]1O. The van der Waals surface area contributed by atoms with Crippen LogP contribution in [0.2, 0.25) is 0 Å². The van der Waals surface area contributed by atoms with E-state index in [2.05, 4.69) is 4.74 Å². The lowest BCUT2D eigenvalue weighted by Gasteiger charge is -2.18. The Hall–Kier alpha value is -1.68. The number of hydrogen-bond donors (Lipinski definition) is 2. The van der Waals surface area contributed by atoms with E-state index in [1.165, 1.54) is 25.3 Å². The first-order chi connectivity index (χ1) is 9.10. The molecule has 19 heavy (non-hydrogen) atoms. The maximum Gasteiger partial charge on any atom is 0.330 e. The summed E-state index contributed by atoms with van der Waals surface area (Å²) in [6, 6.07) is 0. The number of rotatable bonds is 5. The molecule has 1 aliphatic rings. The molecule has 4 atom stereocenters.